The van der Waals surface area contributed by atoms with Gasteiger partial charge in [-0.3, -0.25) is 0 Å². The van der Waals surface area contributed by atoms with E-state index < -0.39 is 10.0 Å². The fourth-order valence-corrected chi connectivity index (χ4v) is 3.62. The smallest absolute Gasteiger partial charge is 0.244 e. The highest BCUT2D eigenvalue weighted by Gasteiger charge is 2.22. The average molecular weight is 316 g/mol. The lowest BCUT2D eigenvalue weighted by Gasteiger charge is -2.15. The van der Waals surface area contributed by atoms with Crippen molar-refractivity contribution in [2.75, 3.05) is 13.6 Å². The third kappa shape index (κ3) is 5.45. The molecule has 0 fully saturated rings. The summed E-state index contributed by atoms with van der Waals surface area (Å²) in [7, 11) is -1.69. The summed E-state index contributed by atoms with van der Waals surface area (Å²) in [6.45, 7) is 6.94. The first-order valence-electron chi connectivity index (χ1n) is 7.68. The second-order valence-corrected chi connectivity index (χ2v) is 7.17. The summed E-state index contributed by atoms with van der Waals surface area (Å²) >= 11 is 0. The van der Waals surface area contributed by atoms with Gasteiger partial charge in [0.15, 0.2) is 0 Å². The van der Waals surface area contributed by atoms with Crippen molar-refractivity contribution in [3.63, 3.8) is 0 Å². The SMILES string of the molecule is CCCCC(CC)CNS(=O)(=O)c1cc(CNC)oc1C. The van der Waals surface area contributed by atoms with E-state index in [2.05, 4.69) is 23.9 Å². The number of unbranched alkanes of at least 4 members (excludes halogenated alkanes) is 1. The van der Waals surface area contributed by atoms with E-state index >= 15 is 0 Å². The standard InChI is InChI=1S/C15H28N2O3S/c1-5-7-8-13(6-2)10-17-21(18,19)15-9-14(11-16-4)20-12(15)3/h9,13,16-17H,5-8,10-11H2,1-4H3. The van der Waals surface area contributed by atoms with E-state index in [1.54, 1.807) is 20.0 Å². The Hall–Kier alpha value is -0.850. The van der Waals surface area contributed by atoms with Gasteiger partial charge in [0.25, 0.3) is 0 Å². The van der Waals surface area contributed by atoms with E-state index in [0.29, 0.717) is 30.5 Å². The lowest BCUT2D eigenvalue weighted by Crippen LogP contribution is -2.29. The first-order chi connectivity index (χ1) is 9.94. The van der Waals surface area contributed by atoms with Gasteiger partial charge in [-0.05, 0) is 26.3 Å². The lowest BCUT2D eigenvalue weighted by atomic mass is 10.00. The van der Waals surface area contributed by atoms with Gasteiger partial charge in [-0.25, -0.2) is 13.1 Å². The minimum Gasteiger partial charge on any atom is -0.464 e. The first-order valence-corrected chi connectivity index (χ1v) is 9.16. The van der Waals surface area contributed by atoms with Gasteiger partial charge in [-0.1, -0.05) is 33.1 Å². The van der Waals surface area contributed by atoms with Crippen molar-refractivity contribution in [2.45, 2.75) is 57.9 Å². The summed E-state index contributed by atoms with van der Waals surface area (Å²) in [5.74, 6) is 1.46. The fraction of sp³-hybridized carbons (Fsp3) is 0.733. The molecule has 1 atom stereocenters. The fourth-order valence-electron chi connectivity index (χ4n) is 2.30. The minimum absolute atomic E-state index is 0.248. The van der Waals surface area contributed by atoms with Crippen molar-refractivity contribution in [1.82, 2.24) is 10.0 Å². The van der Waals surface area contributed by atoms with E-state index in [1.807, 2.05) is 0 Å². The second kappa shape index (κ2) is 8.56. The Morgan fingerprint density at radius 1 is 1.33 bits per heavy atom. The van der Waals surface area contributed by atoms with Gasteiger partial charge in [-0.15, -0.1) is 0 Å². The van der Waals surface area contributed by atoms with Gasteiger partial charge in [0, 0.05) is 12.6 Å². The van der Waals surface area contributed by atoms with Crippen LogP contribution >= 0.6 is 0 Å². The highest BCUT2D eigenvalue weighted by Crippen LogP contribution is 2.20. The molecule has 0 aliphatic heterocycles. The zero-order valence-electron chi connectivity index (χ0n) is 13.5. The highest BCUT2D eigenvalue weighted by atomic mass is 32.2. The van der Waals surface area contributed by atoms with E-state index in [0.717, 1.165) is 25.7 Å². The molecule has 0 aliphatic carbocycles. The molecule has 122 valence electrons. The summed E-state index contributed by atoms with van der Waals surface area (Å²) in [6, 6.07) is 1.60. The average Bonchev–Trinajstić information content (AvgIpc) is 2.81. The molecule has 1 aromatic rings. The molecule has 2 N–H and O–H groups in total. The molecule has 6 heteroatoms. The first kappa shape index (κ1) is 18.2. The second-order valence-electron chi connectivity index (χ2n) is 5.43. The van der Waals surface area contributed by atoms with Crippen molar-refractivity contribution < 1.29 is 12.8 Å². The third-order valence-electron chi connectivity index (χ3n) is 3.67. The zero-order chi connectivity index (χ0) is 15.9. The molecule has 5 nitrogen and oxygen atoms in total. The monoisotopic (exact) mass is 316 g/mol. The molecular weight excluding hydrogens is 288 g/mol. The Labute approximate surface area is 128 Å². The van der Waals surface area contributed by atoms with Gasteiger partial charge in [-0.2, -0.15) is 0 Å². The Balaban J connectivity index is 2.72. The molecule has 1 heterocycles. The zero-order valence-corrected chi connectivity index (χ0v) is 14.3. The van der Waals surface area contributed by atoms with E-state index in [4.69, 9.17) is 4.42 Å². The number of furan rings is 1. The van der Waals surface area contributed by atoms with Crippen molar-refractivity contribution in [3.05, 3.63) is 17.6 Å². The van der Waals surface area contributed by atoms with Crippen molar-refractivity contribution in [3.8, 4) is 0 Å². The molecule has 0 aromatic carbocycles. The summed E-state index contributed by atoms with van der Waals surface area (Å²) < 4.78 is 32.9. The minimum atomic E-state index is -3.49. The van der Waals surface area contributed by atoms with Crippen LogP contribution in [0.3, 0.4) is 0 Å². The lowest BCUT2D eigenvalue weighted by molar-refractivity contribution is 0.442. The maximum absolute atomic E-state index is 12.4. The molecule has 21 heavy (non-hydrogen) atoms. The van der Waals surface area contributed by atoms with Gasteiger partial charge in [0.05, 0.1) is 6.54 Å². The summed E-state index contributed by atoms with van der Waals surface area (Å²) in [5, 5.41) is 2.95. The predicted octanol–water partition coefficient (Wildman–Crippen LogP) is 2.80. The van der Waals surface area contributed by atoms with Gasteiger partial charge in [0.1, 0.15) is 16.4 Å². The maximum atomic E-state index is 12.4. The molecule has 0 spiro atoms. The predicted molar refractivity (Wildman–Crippen MR) is 84.7 cm³/mol. The van der Waals surface area contributed by atoms with Gasteiger partial charge < -0.3 is 9.73 Å². The number of sulfonamides is 1. The molecular formula is C15H28N2O3S. The van der Waals surface area contributed by atoms with Crippen LogP contribution in [0.5, 0.6) is 0 Å². The van der Waals surface area contributed by atoms with Crippen LogP contribution in [0.2, 0.25) is 0 Å². The maximum Gasteiger partial charge on any atom is 0.244 e. The van der Waals surface area contributed by atoms with Gasteiger partial charge >= 0.3 is 0 Å². The van der Waals surface area contributed by atoms with Crippen LogP contribution in [0.25, 0.3) is 0 Å². The van der Waals surface area contributed by atoms with Crippen LogP contribution in [0.4, 0.5) is 0 Å². The van der Waals surface area contributed by atoms with Crippen molar-refractivity contribution in [1.29, 1.82) is 0 Å². The molecule has 0 saturated carbocycles. The molecule has 1 unspecified atom stereocenters. The normalized spacial score (nSPS) is 13.5. The Morgan fingerprint density at radius 2 is 2.05 bits per heavy atom. The topological polar surface area (TPSA) is 71.3 Å². The van der Waals surface area contributed by atoms with Crippen LogP contribution in [0, 0.1) is 12.8 Å². The Kier molecular flexibility index (Phi) is 7.42. The number of hydrogen-bond acceptors (Lipinski definition) is 4. The van der Waals surface area contributed by atoms with Gasteiger partial charge in [0.2, 0.25) is 10.0 Å². The number of rotatable bonds is 10. The summed E-state index contributed by atoms with van der Waals surface area (Å²) in [6.07, 6.45) is 4.32. The third-order valence-corrected chi connectivity index (χ3v) is 5.20. The molecule has 0 radical (unpaired) electrons. The molecule has 0 aliphatic rings. The van der Waals surface area contributed by atoms with Crippen LogP contribution in [-0.4, -0.2) is 22.0 Å². The molecule has 1 aromatic heterocycles. The van der Waals surface area contributed by atoms with Crippen LogP contribution in [-0.2, 0) is 16.6 Å². The number of aryl methyl sites for hydroxylation is 1. The van der Waals surface area contributed by atoms with Crippen molar-refractivity contribution >= 4 is 10.0 Å². The Morgan fingerprint density at radius 3 is 2.62 bits per heavy atom. The molecule has 1 rings (SSSR count). The largest absolute Gasteiger partial charge is 0.464 e. The quantitative estimate of drug-likeness (QED) is 0.696. The van der Waals surface area contributed by atoms with Crippen LogP contribution in [0.1, 0.15) is 51.1 Å². The van der Waals surface area contributed by atoms with E-state index in [1.165, 1.54) is 0 Å². The Bertz CT molecular complexity index is 523. The molecule has 0 amide bonds. The molecule has 0 bridgehead atoms. The van der Waals surface area contributed by atoms with E-state index in [9.17, 15) is 8.42 Å². The summed E-state index contributed by atoms with van der Waals surface area (Å²) in [4.78, 5) is 0.248. The summed E-state index contributed by atoms with van der Waals surface area (Å²) in [5.41, 5.74) is 0. The number of nitrogens with one attached hydrogen (secondary N) is 2. The van der Waals surface area contributed by atoms with Crippen molar-refractivity contribution in [2.24, 2.45) is 5.92 Å². The van der Waals surface area contributed by atoms with Crippen LogP contribution < -0.4 is 10.0 Å². The van der Waals surface area contributed by atoms with E-state index in [-0.39, 0.29) is 4.90 Å². The highest BCUT2D eigenvalue weighted by molar-refractivity contribution is 7.89. The van der Waals surface area contributed by atoms with Crippen LogP contribution in [0.15, 0.2) is 15.4 Å². The number of hydrogen-bond donors (Lipinski definition) is 2. The molecule has 0 saturated heterocycles.